The second kappa shape index (κ2) is 42.6. The van der Waals surface area contributed by atoms with Gasteiger partial charge in [0.05, 0.1) is 25.4 Å². The summed E-state index contributed by atoms with van der Waals surface area (Å²) in [5, 5.41) is 53.4. The third-order valence-corrected chi connectivity index (χ3v) is 12.5. The van der Waals surface area contributed by atoms with E-state index in [2.05, 4.69) is 24.4 Å². The number of ether oxygens (including phenoxy) is 2. The van der Waals surface area contributed by atoms with E-state index >= 15 is 0 Å². The quantitative estimate of drug-likeness (QED) is 0.0262. The number of rotatable bonds is 44. The summed E-state index contributed by atoms with van der Waals surface area (Å²) in [6, 6.07) is -0.797. The second-order valence-corrected chi connectivity index (χ2v) is 18.3. The van der Waals surface area contributed by atoms with E-state index in [0.717, 1.165) is 32.1 Å². The molecule has 0 aromatic rings. The average Bonchev–Trinajstić information content (AvgIpc) is 3.26. The second-order valence-electron chi connectivity index (χ2n) is 18.3. The van der Waals surface area contributed by atoms with Crippen LogP contribution in [-0.4, -0.2) is 87.5 Å². The van der Waals surface area contributed by atoms with Gasteiger partial charge in [-0.3, -0.25) is 4.79 Å². The first-order chi connectivity index (χ1) is 29.8. The lowest BCUT2D eigenvalue weighted by atomic mass is 9.99. The van der Waals surface area contributed by atoms with Crippen molar-refractivity contribution in [1.82, 2.24) is 5.32 Å². The number of hydrogen-bond acceptors (Lipinski definition) is 8. The number of carbonyl (C=O) groups is 1. The Morgan fingerprint density at radius 1 is 0.541 bits per heavy atom. The van der Waals surface area contributed by atoms with E-state index in [0.29, 0.717) is 6.42 Å². The minimum absolute atomic E-state index is 0.185. The van der Waals surface area contributed by atoms with E-state index in [1.54, 1.807) is 6.08 Å². The van der Waals surface area contributed by atoms with Crippen molar-refractivity contribution >= 4 is 5.91 Å². The third-order valence-electron chi connectivity index (χ3n) is 12.5. The lowest BCUT2D eigenvalue weighted by molar-refractivity contribution is -0.302. The molecule has 360 valence electrons. The van der Waals surface area contributed by atoms with Crippen LogP contribution >= 0.6 is 0 Å². The molecule has 1 rings (SSSR count). The average molecular weight is 866 g/mol. The van der Waals surface area contributed by atoms with Gasteiger partial charge in [-0.25, -0.2) is 0 Å². The number of unbranched alkanes of at least 4 members (excludes halogenated alkanes) is 32. The zero-order chi connectivity index (χ0) is 44.4. The topological polar surface area (TPSA) is 149 Å². The Morgan fingerprint density at radius 3 is 1.36 bits per heavy atom. The highest BCUT2D eigenvalue weighted by atomic mass is 16.7. The summed E-state index contributed by atoms with van der Waals surface area (Å²) in [7, 11) is 0. The minimum Gasteiger partial charge on any atom is -0.394 e. The Kier molecular flexibility index (Phi) is 40.3. The number of aliphatic hydroxyl groups excluding tert-OH is 5. The fourth-order valence-corrected chi connectivity index (χ4v) is 8.34. The Morgan fingerprint density at radius 2 is 0.951 bits per heavy atom. The van der Waals surface area contributed by atoms with Crippen LogP contribution in [0.25, 0.3) is 0 Å². The normalized spacial score (nSPS) is 20.5. The molecule has 0 radical (unpaired) electrons. The molecule has 9 heteroatoms. The van der Waals surface area contributed by atoms with Crippen molar-refractivity contribution in [3.8, 4) is 0 Å². The van der Waals surface area contributed by atoms with E-state index in [4.69, 9.17) is 9.47 Å². The van der Waals surface area contributed by atoms with E-state index in [-0.39, 0.29) is 12.5 Å². The van der Waals surface area contributed by atoms with Crippen molar-refractivity contribution in [3.05, 3.63) is 24.3 Å². The SMILES string of the molecule is CCC/C=C/C(O)C(COC1OC(CO)C(O)C(O)C1O)NC(=O)CCCCCCCCCCCCCCCCCCCCCCCCC/C=C\CCCCCCCCCC. The van der Waals surface area contributed by atoms with Crippen molar-refractivity contribution in [2.45, 2.75) is 288 Å². The zero-order valence-corrected chi connectivity index (χ0v) is 39.7. The Hall–Kier alpha value is -1.33. The van der Waals surface area contributed by atoms with Gasteiger partial charge in [-0.2, -0.15) is 0 Å². The maximum Gasteiger partial charge on any atom is 0.220 e. The van der Waals surface area contributed by atoms with Crippen molar-refractivity contribution in [2.24, 2.45) is 0 Å². The van der Waals surface area contributed by atoms with Crippen LogP contribution in [0.2, 0.25) is 0 Å². The van der Waals surface area contributed by atoms with Crippen molar-refractivity contribution in [2.75, 3.05) is 13.2 Å². The number of amides is 1. The molecule has 0 aliphatic carbocycles. The largest absolute Gasteiger partial charge is 0.394 e. The van der Waals surface area contributed by atoms with Crippen LogP contribution in [0.5, 0.6) is 0 Å². The lowest BCUT2D eigenvalue weighted by Gasteiger charge is -2.40. The van der Waals surface area contributed by atoms with Gasteiger partial charge in [0.25, 0.3) is 0 Å². The molecule has 0 aromatic carbocycles. The standard InChI is InChI=1S/C52H99NO8/c1-3-5-7-8-9-10-11-12-13-14-15-16-17-18-19-20-21-22-23-24-25-26-27-28-29-30-31-32-33-34-35-36-37-38-40-42-48(56)53-45(46(55)41-39-6-4-2)44-60-52-51(59)50(58)49(57)47(43-54)61-52/h14-15,39,41,45-47,49-52,54-55,57-59H,3-13,16-38,40,42-44H2,1-2H3,(H,53,56)/b15-14-,41-39+. The summed E-state index contributed by atoms with van der Waals surface area (Å²) in [6.07, 6.45) is 46.6. The molecular formula is C52H99NO8. The van der Waals surface area contributed by atoms with E-state index < -0.39 is 49.5 Å². The van der Waals surface area contributed by atoms with Crippen LogP contribution < -0.4 is 5.32 Å². The molecule has 1 heterocycles. The van der Waals surface area contributed by atoms with Crippen LogP contribution in [0, 0.1) is 0 Å². The zero-order valence-electron chi connectivity index (χ0n) is 39.7. The van der Waals surface area contributed by atoms with Gasteiger partial charge in [-0.15, -0.1) is 0 Å². The molecule has 1 fully saturated rings. The van der Waals surface area contributed by atoms with E-state index in [1.165, 1.54) is 193 Å². The molecule has 0 aromatic heterocycles. The summed E-state index contributed by atoms with van der Waals surface area (Å²) >= 11 is 0. The van der Waals surface area contributed by atoms with Gasteiger partial charge in [0, 0.05) is 6.42 Å². The molecule has 6 N–H and O–H groups in total. The molecule has 7 unspecified atom stereocenters. The highest BCUT2D eigenvalue weighted by Gasteiger charge is 2.44. The molecule has 61 heavy (non-hydrogen) atoms. The molecular weight excluding hydrogens is 767 g/mol. The predicted molar refractivity (Wildman–Crippen MR) is 253 cm³/mol. The fraction of sp³-hybridized carbons (Fsp3) is 0.904. The highest BCUT2D eigenvalue weighted by Crippen LogP contribution is 2.23. The predicted octanol–water partition coefficient (Wildman–Crippen LogP) is 11.8. The van der Waals surface area contributed by atoms with Gasteiger partial charge in [0.15, 0.2) is 6.29 Å². The van der Waals surface area contributed by atoms with Gasteiger partial charge < -0.3 is 40.3 Å². The first-order valence-corrected chi connectivity index (χ1v) is 26.1. The van der Waals surface area contributed by atoms with Crippen LogP contribution in [0.15, 0.2) is 24.3 Å². The first-order valence-electron chi connectivity index (χ1n) is 26.1. The van der Waals surface area contributed by atoms with E-state index in [9.17, 15) is 30.3 Å². The van der Waals surface area contributed by atoms with Gasteiger partial charge in [-0.05, 0) is 38.5 Å². The molecule has 1 saturated heterocycles. The Balaban J connectivity index is 1.92. The number of aliphatic hydroxyl groups is 5. The monoisotopic (exact) mass is 866 g/mol. The molecule has 1 aliphatic rings. The van der Waals surface area contributed by atoms with Crippen LogP contribution in [0.3, 0.4) is 0 Å². The molecule has 0 bridgehead atoms. The molecule has 7 atom stereocenters. The van der Waals surface area contributed by atoms with Crippen LogP contribution in [0.4, 0.5) is 0 Å². The molecule has 1 aliphatic heterocycles. The van der Waals surface area contributed by atoms with Gasteiger partial charge in [-0.1, -0.05) is 224 Å². The molecule has 0 saturated carbocycles. The maximum atomic E-state index is 12.8. The number of carbonyl (C=O) groups excluding carboxylic acids is 1. The summed E-state index contributed by atoms with van der Waals surface area (Å²) in [4.78, 5) is 12.8. The molecule has 1 amide bonds. The number of nitrogens with one attached hydrogen (secondary N) is 1. The minimum atomic E-state index is -1.56. The first kappa shape index (κ1) is 57.7. The lowest BCUT2D eigenvalue weighted by Crippen LogP contribution is -2.60. The summed E-state index contributed by atoms with van der Waals surface area (Å²) in [5.41, 5.74) is 0. The van der Waals surface area contributed by atoms with Crippen molar-refractivity contribution < 1.29 is 39.8 Å². The summed E-state index contributed by atoms with van der Waals surface area (Å²) in [5.74, 6) is -0.185. The van der Waals surface area contributed by atoms with E-state index in [1.807, 2.05) is 13.0 Å². The van der Waals surface area contributed by atoms with Gasteiger partial charge in [0.2, 0.25) is 5.91 Å². The smallest absolute Gasteiger partial charge is 0.220 e. The van der Waals surface area contributed by atoms with Crippen molar-refractivity contribution in [1.29, 1.82) is 0 Å². The van der Waals surface area contributed by atoms with Crippen LogP contribution in [0.1, 0.15) is 245 Å². The molecule has 9 nitrogen and oxygen atoms in total. The summed E-state index contributed by atoms with van der Waals surface area (Å²) < 4.78 is 11.1. The van der Waals surface area contributed by atoms with Gasteiger partial charge >= 0.3 is 0 Å². The number of allylic oxidation sites excluding steroid dienone is 3. The summed E-state index contributed by atoms with van der Waals surface area (Å²) in [6.45, 7) is 3.57. The Bertz CT molecular complexity index is 1010. The maximum absolute atomic E-state index is 12.8. The number of hydrogen-bond donors (Lipinski definition) is 6. The molecule has 0 spiro atoms. The van der Waals surface area contributed by atoms with Crippen molar-refractivity contribution in [3.63, 3.8) is 0 Å². The fourth-order valence-electron chi connectivity index (χ4n) is 8.34. The van der Waals surface area contributed by atoms with Gasteiger partial charge in [0.1, 0.15) is 24.4 Å². The van der Waals surface area contributed by atoms with Crippen LogP contribution in [-0.2, 0) is 14.3 Å². The highest BCUT2D eigenvalue weighted by molar-refractivity contribution is 5.76. The third kappa shape index (κ3) is 32.9. The Labute approximate surface area is 375 Å².